The van der Waals surface area contributed by atoms with Gasteiger partial charge in [-0.2, -0.15) is 0 Å². The fourth-order valence-electron chi connectivity index (χ4n) is 4.90. The van der Waals surface area contributed by atoms with E-state index in [1.54, 1.807) is 0 Å². The SMILES string of the molecule is [B]C(CCNC(=O)C(C)(C)CC(C)(C)C(C)(C)CC(C)(C)C)OCCC(C)(C)NC(=O)CCC(C)=O. The lowest BCUT2D eigenvalue weighted by Gasteiger charge is -2.48. The number of carbonyl (C=O) groups is 3. The van der Waals surface area contributed by atoms with Crippen molar-refractivity contribution in [2.45, 2.75) is 133 Å². The summed E-state index contributed by atoms with van der Waals surface area (Å²) < 4.78 is 5.72. The molecule has 0 heterocycles. The Kier molecular flexibility index (Phi) is 12.9. The van der Waals surface area contributed by atoms with Gasteiger partial charge >= 0.3 is 0 Å². The monoisotopic (exact) mass is 506 g/mol. The van der Waals surface area contributed by atoms with Crippen molar-refractivity contribution in [3.63, 3.8) is 0 Å². The van der Waals surface area contributed by atoms with Gasteiger partial charge in [-0.25, -0.2) is 0 Å². The molecule has 0 aliphatic heterocycles. The summed E-state index contributed by atoms with van der Waals surface area (Å²) in [5.74, 6) is -0.112. The largest absolute Gasteiger partial charge is 0.388 e. The van der Waals surface area contributed by atoms with E-state index < -0.39 is 17.0 Å². The Hall–Kier alpha value is -1.37. The molecule has 208 valence electrons. The zero-order chi connectivity index (χ0) is 28.6. The predicted molar refractivity (Wildman–Crippen MR) is 150 cm³/mol. The predicted octanol–water partition coefficient (Wildman–Crippen LogP) is 5.56. The van der Waals surface area contributed by atoms with Crippen LogP contribution in [-0.2, 0) is 19.1 Å². The van der Waals surface area contributed by atoms with Gasteiger partial charge in [-0.05, 0) is 62.7 Å². The molecule has 0 saturated carbocycles. The van der Waals surface area contributed by atoms with E-state index in [0.717, 1.165) is 12.8 Å². The number of Topliss-reactive ketones (excluding diaryl/α,β-unsaturated/α-hetero) is 1. The summed E-state index contributed by atoms with van der Waals surface area (Å²) in [6, 6.07) is -0.500. The molecule has 1 atom stereocenters. The minimum absolute atomic E-state index is 0.000767. The van der Waals surface area contributed by atoms with Crippen LogP contribution in [0.4, 0.5) is 0 Å². The van der Waals surface area contributed by atoms with Crippen LogP contribution in [0.15, 0.2) is 0 Å². The Bertz CT molecular complexity index is 736. The molecule has 0 aromatic carbocycles. The van der Waals surface area contributed by atoms with Crippen molar-refractivity contribution in [1.82, 2.24) is 10.6 Å². The summed E-state index contributed by atoms with van der Waals surface area (Å²) in [5, 5.41) is 5.98. The van der Waals surface area contributed by atoms with Crippen molar-refractivity contribution in [2.75, 3.05) is 13.2 Å². The summed E-state index contributed by atoms with van der Waals surface area (Å²) in [4.78, 5) is 36.1. The molecule has 7 heteroatoms. The van der Waals surface area contributed by atoms with E-state index in [4.69, 9.17) is 12.6 Å². The molecular formula is C29H55BN2O4. The number of nitrogens with one attached hydrogen (secondary N) is 2. The first-order chi connectivity index (χ1) is 16.0. The minimum atomic E-state index is -0.506. The van der Waals surface area contributed by atoms with Gasteiger partial charge in [0.05, 0.1) is 0 Å². The van der Waals surface area contributed by atoms with Gasteiger partial charge in [0, 0.05) is 43.0 Å². The average molecular weight is 507 g/mol. The number of hydrogen-bond donors (Lipinski definition) is 2. The standard InChI is InChI=1S/C29H55BN2O4/c1-21(33)13-14-23(34)32-29(11,12)16-18-36-22(30)15-17-31-24(35)26(5,6)20-28(9,10)27(7,8)19-25(2,3)4/h22H,13-20H2,1-12H3,(H,31,35)(H,32,34). The van der Waals surface area contributed by atoms with Gasteiger partial charge in [-0.3, -0.25) is 9.59 Å². The molecule has 36 heavy (non-hydrogen) atoms. The molecule has 0 spiro atoms. The number of carbonyl (C=O) groups excluding carboxylic acids is 3. The van der Waals surface area contributed by atoms with E-state index in [2.05, 4.69) is 59.1 Å². The van der Waals surface area contributed by atoms with Gasteiger partial charge in [-0.15, -0.1) is 0 Å². The zero-order valence-electron chi connectivity index (χ0n) is 25.4. The first-order valence-corrected chi connectivity index (χ1v) is 13.5. The Morgan fingerprint density at radius 3 is 1.86 bits per heavy atom. The quantitative estimate of drug-likeness (QED) is 0.268. The summed E-state index contributed by atoms with van der Waals surface area (Å²) in [5.41, 5.74) is -0.679. The third kappa shape index (κ3) is 13.8. The molecule has 0 aliphatic carbocycles. The first kappa shape index (κ1) is 34.6. The fourth-order valence-corrected chi connectivity index (χ4v) is 4.90. The van der Waals surface area contributed by atoms with E-state index in [-0.39, 0.29) is 46.7 Å². The van der Waals surface area contributed by atoms with Crippen LogP contribution in [-0.4, -0.2) is 50.1 Å². The van der Waals surface area contributed by atoms with E-state index in [1.165, 1.54) is 6.92 Å². The smallest absolute Gasteiger partial charge is 0.225 e. The first-order valence-electron chi connectivity index (χ1n) is 13.5. The van der Waals surface area contributed by atoms with Crippen LogP contribution in [0.5, 0.6) is 0 Å². The van der Waals surface area contributed by atoms with Crippen molar-refractivity contribution in [3.05, 3.63) is 0 Å². The van der Waals surface area contributed by atoms with Crippen LogP contribution in [0, 0.1) is 21.7 Å². The molecule has 0 saturated heterocycles. The topological polar surface area (TPSA) is 84.5 Å². The van der Waals surface area contributed by atoms with Crippen LogP contribution >= 0.6 is 0 Å². The van der Waals surface area contributed by atoms with Gasteiger partial charge in [0.1, 0.15) is 13.6 Å². The summed E-state index contributed by atoms with van der Waals surface area (Å²) in [6.07, 6.45) is 3.40. The van der Waals surface area contributed by atoms with Crippen LogP contribution in [0.1, 0.15) is 122 Å². The second-order valence-corrected chi connectivity index (χ2v) is 14.4. The van der Waals surface area contributed by atoms with Gasteiger partial charge in [0.2, 0.25) is 11.8 Å². The normalized spacial score (nSPS) is 14.3. The molecule has 2 N–H and O–H groups in total. The molecule has 0 aromatic rings. The van der Waals surface area contributed by atoms with E-state index in [9.17, 15) is 14.4 Å². The number of amides is 2. The third-order valence-corrected chi connectivity index (χ3v) is 7.26. The van der Waals surface area contributed by atoms with Gasteiger partial charge in [-0.1, -0.05) is 62.3 Å². The highest BCUT2D eigenvalue weighted by molar-refractivity contribution is 6.11. The van der Waals surface area contributed by atoms with E-state index >= 15 is 0 Å². The molecule has 0 aliphatic rings. The van der Waals surface area contributed by atoms with Gasteiger partial charge < -0.3 is 20.2 Å². The van der Waals surface area contributed by atoms with E-state index in [0.29, 0.717) is 26.0 Å². The molecule has 1 unspecified atom stereocenters. The molecule has 0 aromatic heterocycles. The lowest BCUT2D eigenvalue weighted by Crippen LogP contribution is -2.45. The van der Waals surface area contributed by atoms with E-state index in [1.807, 2.05) is 27.7 Å². The maximum absolute atomic E-state index is 13.0. The number of rotatable bonds is 16. The van der Waals surface area contributed by atoms with Crippen molar-refractivity contribution < 1.29 is 19.1 Å². The third-order valence-electron chi connectivity index (χ3n) is 7.26. The maximum Gasteiger partial charge on any atom is 0.225 e. The number of ether oxygens (including phenoxy) is 1. The Labute approximate surface area is 223 Å². The van der Waals surface area contributed by atoms with Crippen LogP contribution in [0.2, 0.25) is 0 Å². The fraction of sp³-hybridized carbons (Fsp3) is 0.897. The molecule has 0 bridgehead atoms. The Balaban J connectivity index is 4.56. The second kappa shape index (κ2) is 13.4. The molecular weight excluding hydrogens is 451 g/mol. The highest BCUT2D eigenvalue weighted by atomic mass is 16.5. The maximum atomic E-state index is 13.0. The lowest BCUT2D eigenvalue weighted by molar-refractivity contribution is -0.132. The Morgan fingerprint density at radius 1 is 0.833 bits per heavy atom. The molecule has 2 radical (unpaired) electrons. The van der Waals surface area contributed by atoms with Crippen LogP contribution in [0.25, 0.3) is 0 Å². The summed E-state index contributed by atoms with van der Waals surface area (Å²) in [6.45, 7) is 26.1. The second-order valence-electron chi connectivity index (χ2n) is 14.4. The number of hydrogen-bond acceptors (Lipinski definition) is 4. The summed E-state index contributed by atoms with van der Waals surface area (Å²) >= 11 is 0. The molecule has 2 amide bonds. The molecule has 0 fully saturated rings. The highest BCUT2D eigenvalue weighted by Crippen LogP contribution is 2.51. The van der Waals surface area contributed by atoms with Crippen molar-refractivity contribution in [1.29, 1.82) is 0 Å². The lowest BCUT2D eigenvalue weighted by atomic mass is 9.57. The summed E-state index contributed by atoms with van der Waals surface area (Å²) in [7, 11) is 6.10. The van der Waals surface area contributed by atoms with Crippen molar-refractivity contribution in [3.8, 4) is 0 Å². The zero-order valence-corrected chi connectivity index (χ0v) is 25.4. The molecule has 6 nitrogen and oxygen atoms in total. The Morgan fingerprint density at radius 2 is 1.36 bits per heavy atom. The van der Waals surface area contributed by atoms with Crippen LogP contribution < -0.4 is 10.6 Å². The minimum Gasteiger partial charge on any atom is -0.388 e. The number of ketones is 1. The van der Waals surface area contributed by atoms with Crippen molar-refractivity contribution >= 4 is 25.4 Å². The van der Waals surface area contributed by atoms with Gasteiger partial charge in [0.15, 0.2) is 0 Å². The average Bonchev–Trinajstić information content (AvgIpc) is 2.62. The van der Waals surface area contributed by atoms with Crippen molar-refractivity contribution in [2.24, 2.45) is 21.7 Å². The van der Waals surface area contributed by atoms with Gasteiger partial charge in [0.25, 0.3) is 0 Å². The highest BCUT2D eigenvalue weighted by Gasteiger charge is 2.44. The molecule has 0 rings (SSSR count). The van der Waals surface area contributed by atoms with Crippen LogP contribution in [0.3, 0.4) is 0 Å².